The van der Waals surface area contributed by atoms with E-state index in [9.17, 15) is 5.26 Å². The number of hydrogen-bond donors (Lipinski definition) is 1. The fourth-order valence-corrected chi connectivity index (χ4v) is 2.48. The molecule has 1 aromatic carbocycles. The molecule has 3 rings (SSSR count). The first-order valence-electron chi connectivity index (χ1n) is 5.88. The monoisotopic (exact) mass is 223 g/mol. The number of nitrogens with one attached hydrogen (secondary N) is 1. The molecule has 1 atom stereocenters. The Morgan fingerprint density at radius 1 is 1.41 bits per heavy atom. The third-order valence-electron chi connectivity index (χ3n) is 3.41. The van der Waals surface area contributed by atoms with Gasteiger partial charge in [-0.2, -0.15) is 5.26 Å². The molecular weight excluding hydrogens is 210 g/mol. The lowest BCUT2D eigenvalue weighted by atomic mass is 9.88. The van der Waals surface area contributed by atoms with Crippen LogP contribution >= 0.6 is 0 Å². The normalized spacial score (nSPS) is 19.4. The summed E-state index contributed by atoms with van der Waals surface area (Å²) >= 11 is 0. The third-order valence-corrected chi connectivity index (χ3v) is 3.41. The molecule has 2 aromatic rings. The molecule has 0 amide bonds. The van der Waals surface area contributed by atoms with Crippen LogP contribution in [0, 0.1) is 11.3 Å². The predicted octanol–water partition coefficient (Wildman–Crippen LogP) is 2.99. The van der Waals surface area contributed by atoms with Gasteiger partial charge >= 0.3 is 0 Å². The minimum atomic E-state index is 0.440. The van der Waals surface area contributed by atoms with Crippen molar-refractivity contribution in [3.05, 3.63) is 35.5 Å². The van der Waals surface area contributed by atoms with Gasteiger partial charge in [0.15, 0.2) is 0 Å². The molecule has 0 radical (unpaired) electrons. The molecule has 2 heterocycles. The van der Waals surface area contributed by atoms with E-state index in [4.69, 9.17) is 0 Å². The van der Waals surface area contributed by atoms with E-state index in [1.807, 2.05) is 24.5 Å². The molecule has 1 unspecified atom stereocenters. The average molecular weight is 223 g/mol. The van der Waals surface area contributed by atoms with E-state index in [1.54, 1.807) is 0 Å². The Bertz CT molecular complexity index is 616. The van der Waals surface area contributed by atoms with Gasteiger partial charge in [0.05, 0.1) is 11.6 Å². The Morgan fingerprint density at radius 2 is 2.35 bits per heavy atom. The first-order chi connectivity index (χ1) is 8.38. The van der Waals surface area contributed by atoms with Crippen molar-refractivity contribution in [3.63, 3.8) is 0 Å². The number of H-pyrrole nitrogens is 1. The van der Waals surface area contributed by atoms with Gasteiger partial charge in [0.2, 0.25) is 0 Å². The van der Waals surface area contributed by atoms with Gasteiger partial charge in [-0.25, -0.2) is 0 Å². The first-order valence-corrected chi connectivity index (χ1v) is 5.88. The average Bonchev–Trinajstić information content (AvgIpc) is 2.85. The Balaban J connectivity index is 2.13. The van der Waals surface area contributed by atoms with Crippen molar-refractivity contribution in [1.29, 1.82) is 5.26 Å². The highest BCUT2D eigenvalue weighted by atomic mass is 14.7. The predicted molar refractivity (Wildman–Crippen MR) is 68.3 cm³/mol. The van der Waals surface area contributed by atoms with Crippen molar-refractivity contribution in [1.82, 2.24) is 4.98 Å². The van der Waals surface area contributed by atoms with E-state index in [0.29, 0.717) is 5.92 Å². The zero-order valence-corrected chi connectivity index (χ0v) is 9.48. The van der Waals surface area contributed by atoms with Crippen LogP contribution in [0.15, 0.2) is 29.4 Å². The Morgan fingerprint density at radius 3 is 3.12 bits per heavy atom. The van der Waals surface area contributed by atoms with Crippen LogP contribution in [0.5, 0.6) is 0 Å². The van der Waals surface area contributed by atoms with Gasteiger partial charge < -0.3 is 4.98 Å². The smallest absolute Gasteiger partial charge is 0.0994 e. The summed E-state index contributed by atoms with van der Waals surface area (Å²) in [7, 11) is 0. The van der Waals surface area contributed by atoms with E-state index in [-0.39, 0.29) is 0 Å². The summed E-state index contributed by atoms with van der Waals surface area (Å²) in [6.45, 7) is 0.873. The maximum atomic E-state index is 9.25. The van der Waals surface area contributed by atoms with Crippen LogP contribution in [0.2, 0.25) is 0 Å². The van der Waals surface area contributed by atoms with E-state index in [0.717, 1.165) is 41.4 Å². The van der Waals surface area contributed by atoms with Gasteiger partial charge in [0.25, 0.3) is 0 Å². The fourth-order valence-electron chi connectivity index (χ4n) is 2.48. The van der Waals surface area contributed by atoms with Gasteiger partial charge in [-0.15, -0.1) is 0 Å². The second-order valence-electron chi connectivity index (χ2n) is 4.43. The standard InChI is InChI=1S/C14H13N3/c15-9-12-7-11-3-6-17-14(11)8-13(12)10-1-4-16-5-2-10/h3-4,6-8,10,17H,1-2,5H2. The molecule has 0 spiro atoms. The van der Waals surface area contributed by atoms with Gasteiger partial charge in [-0.3, -0.25) is 4.99 Å². The zero-order chi connectivity index (χ0) is 11.7. The lowest BCUT2D eigenvalue weighted by Gasteiger charge is -2.18. The molecule has 1 aliphatic rings. The van der Waals surface area contributed by atoms with Crippen LogP contribution < -0.4 is 0 Å². The van der Waals surface area contributed by atoms with Crippen LogP contribution in [-0.2, 0) is 0 Å². The highest BCUT2D eigenvalue weighted by Gasteiger charge is 2.17. The van der Waals surface area contributed by atoms with Crippen molar-refractivity contribution in [2.45, 2.75) is 18.8 Å². The Hall–Kier alpha value is -2.08. The van der Waals surface area contributed by atoms with Crippen molar-refractivity contribution in [2.24, 2.45) is 4.99 Å². The first kappa shape index (κ1) is 10.1. The number of nitriles is 1. The van der Waals surface area contributed by atoms with Crippen LogP contribution in [0.1, 0.15) is 29.9 Å². The number of nitrogens with zero attached hydrogens (tertiary/aromatic N) is 2. The summed E-state index contributed by atoms with van der Waals surface area (Å²) in [5.74, 6) is 0.440. The van der Waals surface area contributed by atoms with Gasteiger partial charge in [0.1, 0.15) is 0 Å². The molecule has 0 saturated carbocycles. The van der Waals surface area contributed by atoms with E-state index in [1.165, 1.54) is 0 Å². The van der Waals surface area contributed by atoms with Gasteiger partial charge in [0, 0.05) is 23.6 Å². The van der Waals surface area contributed by atoms with Crippen LogP contribution in [0.4, 0.5) is 0 Å². The number of benzene rings is 1. The van der Waals surface area contributed by atoms with Crippen molar-refractivity contribution in [3.8, 4) is 6.07 Å². The van der Waals surface area contributed by atoms with Crippen LogP contribution in [0.3, 0.4) is 0 Å². The molecule has 3 heteroatoms. The van der Waals surface area contributed by atoms with E-state index in [2.05, 4.69) is 22.1 Å². The molecule has 84 valence electrons. The third kappa shape index (κ3) is 1.72. The summed E-state index contributed by atoms with van der Waals surface area (Å²) in [6, 6.07) is 8.42. The number of fused-ring (bicyclic) bond motifs is 1. The Labute approximate surface area is 99.8 Å². The number of aromatic amines is 1. The molecule has 1 aromatic heterocycles. The quantitative estimate of drug-likeness (QED) is 0.793. The second-order valence-corrected chi connectivity index (χ2v) is 4.43. The molecular formula is C14H13N3. The molecule has 3 nitrogen and oxygen atoms in total. The molecule has 0 aliphatic carbocycles. The van der Waals surface area contributed by atoms with Crippen LogP contribution in [-0.4, -0.2) is 17.7 Å². The highest BCUT2D eigenvalue weighted by Crippen LogP contribution is 2.30. The highest BCUT2D eigenvalue weighted by molar-refractivity contribution is 5.82. The van der Waals surface area contributed by atoms with Gasteiger partial charge in [-0.05, 0) is 48.7 Å². The molecule has 1 N–H and O–H groups in total. The Kier molecular flexibility index (Phi) is 2.41. The molecule has 0 bridgehead atoms. The second kappa shape index (κ2) is 4.06. The maximum Gasteiger partial charge on any atom is 0.0994 e. The summed E-state index contributed by atoms with van der Waals surface area (Å²) in [6.07, 6.45) is 5.88. The number of rotatable bonds is 1. The number of hydrogen-bond acceptors (Lipinski definition) is 2. The summed E-state index contributed by atoms with van der Waals surface area (Å²) < 4.78 is 0. The SMILES string of the molecule is N#Cc1cc2cc[nH]c2cc1C1CC=NCC1. The lowest BCUT2D eigenvalue weighted by Crippen LogP contribution is -2.08. The minimum absolute atomic E-state index is 0.440. The van der Waals surface area contributed by atoms with E-state index < -0.39 is 0 Å². The van der Waals surface area contributed by atoms with Crippen molar-refractivity contribution < 1.29 is 0 Å². The molecule has 0 fully saturated rings. The van der Waals surface area contributed by atoms with Gasteiger partial charge in [-0.1, -0.05) is 0 Å². The molecule has 0 saturated heterocycles. The fraction of sp³-hybridized carbons (Fsp3) is 0.286. The number of aliphatic imine (C=N–C) groups is 1. The molecule has 1 aliphatic heterocycles. The maximum absolute atomic E-state index is 9.25. The lowest BCUT2D eigenvalue weighted by molar-refractivity contribution is 0.637. The van der Waals surface area contributed by atoms with Crippen LogP contribution in [0.25, 0.3) is 10.9 Å². The topological polar surface area (TPSA) is 51.9 Å². The summed E-state index contributed by atoms with van der Waals surface area (Å²) in [5, 5.41) is 10.4. The van der Waals surface area contributed by atoms with Crippen molar-refractivity contribution >= 4 is 17.1 Å². The zero-order valence-electron chi connectivity index (χ0n) is 9.48. The van der Waals surface area contributed by atoms with Crippen molar-refractivity contribution in [2.75, 3.05) is 6.54 Å². The minimum Gasteiger partial charge on any atom is -0.361 e. The summed E-state index contributed by atoms with van der Waals surface area (Å²) in [5.41, 5.74) is 3.08. The summed E-state index contributed by atoms with van der Waals surface area (Å²) in [4.78, 5) is 7.45. The molecule has 17 heavy (non-hydrogen) atoms. The number of aromatic nitrogens is 1. The van der Waals surface area contributed by atoms with E-state index >= 15 is 0 Å². The largest absolute Gasteiger partial charge is 0.361 e.